The van der Waals surface area contributed by atoms with Crippen LogP contribution in [-0.4, -0.2) is 14.5 Å². The largest absolute Gasteiger partial charge is 0.290 e. The topological polar surface area (TPSA) is 30.7 Å². The number of fused-ring (bicyclic) bond motifs is 2. The van der Waals surface area contributed by atoms with E-state index in [1.807, 2.05) is 24.4 Å². The van der Waals surface area contributed by atoms with E-state index in [1.165, 1.54) is 44.6 Å². The molecule has 1 aliphatic heterocycles. The Bertz CT molecular complexity index is 1750. The zero-order valence-corrected chi connectivity index (χ0v) is 20.3. The average Bonchev–Trinajstić information content (AvgIpc) is 3.33. The number of hydrogen-bond donors (Lipinski definition) is 0. The first-order valence-electron chi connectivity index (χ1n) is 12.4. The number of pyridine rings is 1. The third kappa shape index (κ3) is 2.99. The number of hydrogen-bond acceptors (Lipinski definition) is 2. The molecule has 36 heavy (non-hydrogen) atoms. The summed E-state index contributed by atoms with van der Waals surface area (Å²) < 4.78 is 2.31. The van der Waals surface area contributed by atoms with E-state index < -0.39 is 0 Å². The molecule has 0 amide bonds. The van der Waals surface area contributed by atoms with E-state index >= 15 is 0 Å². The fourth-order valence-corrected chi connectivity index (χ4v) is 5.68. The highest BCUT2D eigenvalue weighted by Gasteiger charge is 2.36. The Morgan fingerprint density at radius 1 is 0.639 bits per heavy atom. The molecule has 2 aromatic heterocycles. The summed E-state index contributed by atoms with van der Waals surface area (Å²) in [5, 5.41) is 0. The van der Waals surface area contributed by atoms with Crippen molar-refractivity contribution in [3.8, 4) is 39.5 Å². The molecule has 3 nitrogen and oxygen atoms in total. The van der Waals surface area contributed by atoms with Crippen molar-refractivity contribution in [2.24, 2.45) is 0 Å². The van der Waals surface area contributed by atoms with Gasteiger partial charge in [-0.1, -0.05) is 92.7 Å². The number of nitrogens with zero attached hydrogens (tertiary/aromatic N) is 3. The average molecular weight is 464 g/mol. The molecule has 0 fully saturated rings. The van der Waals surface area contributed by atoms with Gasteiger partial charge in [0.2, 0.25) is 0 Å². The molecule has 0 unspecified atom stereocenters. The lowest BCUT2D eigenvalue weighted by Gasteiger charge is -2.35. The molecule has 7 rings (SSSR count). The van der Waals surface area contributed by atoms with Crippen molar-refractivity contribution in [2.45, 2.75) is 19.3 Å². The number of para-hydroxylation sites is 1. The van der Waals surface area contributed by atoms with E-state index in [9.17, 15) is 0 Å². The van der Waals surface area contributed by atoms with E-state index in [0.29, 0.717) is 0 Å². The molecule has 0 N–H and O–H groups in total. The molecular formula is C33H25N3. The minimum Gasteiger partial charge on any atom is -0.290 e. The standard InChI is InChI=1S/C33H25N3/c1-33(2)26-15-10-17-28-31(26)36(32(35-28)29-16-8-9-20-34-29)30-19-18-23(21-27(30)33)25-14-7-6-13-24(25)22-11-4-3-5-12-22/h3-21H,1-2H3. The lowest BCUT2D eigenvalue weighted by molar-refractivity contribution is 0.629. The second-order valence-corrected chi connectivity index (χ2v) is 9.93. The van der Waals surface area contributed by atoms with Crippen LogP contribution in [0.4, 0.5) is 0 Å². The number of benzene rings is 4. The van der Waals surface area contributed by atoms with Crippen LogP contribution in [0.1, 0.15) is 25.0 Å². The quantitative estimate of drug-likeness (QED) is 0.266. The third-order valence-corrected chi connectivity index (χ3v) is 7.48. The molecule has 0 saturated carbocycles. The van der Waals surface area contributed by atoms with E-state index in [1.54, 1.807) is 0 Å². The number of rotatable bonds is 3. The molecule has 0 aliphatic carbocycles. The Hall–Kier alpha value is -4.50. The molecule has 6 aromatic rings. The van der Waals surface area contributed by atoms with Crippen molar-refractivity contribution < 1.29 is 0 Å². The molecular weight excluding hydrogens is 438 g/mol. The summed E-state index contributed by atoms with van der Waals surface area (Å²) in [7, 11) is 0. The van der Waals surface area contributed by atoms with Gasteiger partial charge in [-0.15, -0.1) is 0 Å². The van der Waals surface area contributed by atoms with Crippen LogP contribution >= 0.6 is 0 Å². The third-order valence-electron chi connectivity index (χ3n) is 7.48. The predicted octanol–water partition coefficient (Wildman–Crippen LogP) is 8.06. The smallest absolute Gasteiger partial charge is 0.164 e. The van der Waals surface area contributed by atoms with E-state index in [2.05, 4.69) is 114 Å². The Kier molecular flexibility index (Phi) is 4.49. The second kappa shape index (κ2) is 7.76. The molecule has 1 aliphatic rings. The van der Waals surface area contributed by atoms with E-state index in [0.717, 1.165) is 17.0 Å². The number of aromatic nitrogens is 3. The summed E-state index contributed by atoms with van der Waals surface area (Å²) in [4.78, 5) is 9.70. The Labute approximate surface area is 210 Å². The molecule has 0 spiro atoms. The molecule has 3 heterocycles. The second-order valence-electron chi connectivity index (χ2n) is 9.93. The first-order chi connectivity index (χ1) is 17.6. The van der Waals surface area contributed by atoms with Gasteiger partial charge in [0.15, 0.2) is 5.82 Å². The summed E-state index contributed by atoms with van der Waals surface area (Å²) >= 11 is 0. The van der Waals surface area contributed by atoms with Crippen LogP contribution < -0.4 is 0 Å². The van der Waals surface area contributed by atoms with Crippen molar-refractivity contribution >= 4 is 11.0 Å². The fourth-order valence-electron chi connectivity index (χ4n) is 5.68. The Balaban J connectivity index is 1.50. The van der Waals surface area contributed by atoms with Gasteiger partial charge in [0.1, 0.15) is 5.69 Å². The first kappa shape index (κ1) is 20.8. The van der Waals surface area contributed by atoms with Gasteiger partial charge in [0.25, 0.3) is 0 Å². The SMILES string of the molecule is CC1(C)c2cc(-c3ccccc3-c3ccccc3)ccc2-n2c(-c3ccccn3)nc3cccc1c32. The van der Waals surface area contributed by atoms with Gasteiger partial charge in [-0.05, 0) is 63.7 Å². The van der Waals surface area contributed by atoms with Crippen molar-refractivity contribution in [3.05, 3.63) is 127 Å². The van der Waals surface area contributed by atoms with Gasteiger partial charge in [-0.3, -0.25) is 9.55 Å². The zero-order chi connectivity index (χ0) is 24.3. The van der Waals surface area contributed by atoms with Crippen molar-refractivity contribution in [1.29, 1.82) is 0 Å². The van der Waals surface area contributed by atoms with E-state index in [4.69, 9.17) is 4.98 Å². The molecule has 0 atom stereocenters. The summed E-state index contributed by atoms with van der Waals surface area (Å²) in [6.07, 6.45) is 1.83. The van der Waals surface area contributed by atoms with Crippen LogP contribution in [0.2, 0.25) is 0 Å². The molecule has 0 saturated heterocycles. The molecule has 3 heteroatoms. The lowest BCUT2D eigenvalue weighted by atomic mass is 9.74. The predicted molar refractivity (Wildman–Crippen MR) is 147 cm³/mol. The summed E-state index contributed by atoms with van der Waals surface area (Å²) in [6, 6.07) is 38.7. The van der Waals surface area contributed by atoms with Gasteiger partial charge in [-0.25, -0.2) is 4.98 Å². The molecule has 4 aromatic carbocycles. The Morgan fingerprint density at radius 2 is 1.39 bits per heavy atom. The summed E-state index contributed by atoms with van der Waals surface area (Å²) in [5.41, 5.74) is 11.6. The summed E-state index contributed by atoms with van der Waals surface area (Å²) in [5.74, 6) is 0.882. The molecule has 0 radical (unpaired) electrons. The van der Waals surface area contributed by atoms with Crippen LogP contribution in [0, 0.1) is 0 Å². The maximum absolute atomic E-state index is 5.05. The van der Waals surface area contributed by atoms with Gasteiger partial charge in [-0.2, -0.15) is 0 Å². The van der Waals surface area contributed by atoms with Gasteiger partial charge < -0.3 is 0 Å². The van der Waals surface area contributed by atoms with Gasteiger partial charge >= 0.3 is 0 Å². The Morgan fingerprint density at radius 3 is 2.17 bits per heavy atom. The van der Waals surface area contributed by atoms with Crippen LogP contribution in [0.3, 0.4) is 0 Å². The monoisotopic (exact) mass is 463 g/mol. The normalized spacial score (nSPS) is 13.5. The maximum atomic E-state index is 5.05. The minimum atomic E-state index is -0.177. The van der Waals surface area contributed by atoms with Crippen molar-refractivity contribution in [2.75, 3.05) is 0 Å². The maximum Gasteiger partial charge on any atom is 0.164 e. The van der Waals surface area contributed by atoms with E-state index in [-0.39, 0.29) is 5.41 Å². The molecule has 172 valence electrons. The van der Waals surface area contributed by atoms with Gasteiger partial charge in [0.05, 0.1) is 16.7 Å². The van der Waals surface area contributed by atoms with Crippen LogP contribution in [0.25, 0.3) is 50.5 Å². The van der Waals surface area contributed by atoms with Crippen LogP contribution in [-0.2, 0) is 5.41 Å². The minimum absolute atomic E-state index is 0.177. The highest BCUT2D eigenvalue weighted by molar-refractivity contribution is 5.91. The number of imidazole rings is 1. The lowest BCUT2D eigenvalue weighted by Crippen LogP contribution is -2.26. The zero-order valence-electron chi connectivity index (χ0n) is 20.3. The fraction of sp³-hybridized carbons (Fsp3) is 0.0909. The molecule has 0 bridgehead atoms. The van der Waals surface area contributed by atoms with Crippen molar-refractivity contribution in [3.63, 3.8) is 0 Å². The van der Waals surface area contributed by atoms with Crippen LogP contribution in [0.15, 0.2) is 115 Å². The van der Waals surface area contributed by atoms with Crippen LogP contribution in [0.5, 0.6) is 0 Å². The van der Waals surface area contributed by atoms with Gasteiger partial charge in [0, 0.05) is 11.6 Å². The first-order valence-corrected chi connectivity index (χ1v) is 12.4. The highest BCUT2D eigenvalue weighted by atomic mass is 15.1. The highest BCUT2D eigenvalue weighted by Crippen LogP contribution is 2.47. The summed E-state index contributed by atoms with van der Waals surface area (Å²) in [6.45, 7) is 4.65. The van der Waals surface area contributed by atoms with Crippen molar-refractivity contribution in [1.82, 2.24) is 14.5 Å².